The zero-order valence-electron chi connectivity index (χ0n) is 16.5. The number of amides is 2. The van der Waals surface area contributed by atoms with Crippen LogP contribution in [0, 0.1) is 0 Å². The van der Waals surface area contributed by atoms with Crippen molar-refractivity contribution in [3.63, 3.8) is 0 Å². The van der Waals surface area contributed by atoms with Gasteiger partial charge in [0, 0.05) is 48.5 Å². The third-order valence-corrected chi connectivity index (χ3v) is 5.36. The summed E-state index contributed by atoms with van der Waals surface area (Å²) in [7, 11) is 0. The molecule has 0 saturated carbocycles. The molecule has 3 heterocycles. The quantitative estimate of drug-likeness (QED) is 0.538. The molecular formula is C21H24N6O2S. The van der Waals surface area contributed by atoms with Gasteiger partial charge in [-0.25, -0.2) is 9.78 Å². The molecule has 2 amide bonds. The van der Waals surface area contributed by atoms with Crippen LogP contribution in [0.25, 0.3) is 11.3 Å². The first-order valence-corrected chi connectivity index (χ1v) is 10.8. The van der Waals surface area contributed by atoms with E-state index in [2.05, 4.69) is 30.8 Å². The topological polar surface area (TPSA) is 91.4 Å². The molecule has 1 aliphatic rings. The number of hydrogen-bond donors (Lipinski definition) is 3. The Labute approximate surface area is 179 Å². The van der Waals surface area contributed by atoms with Crippen LogP contribution in [0.3, 0.4) is 0 Å². The fourth-order valence-electron chi connectivity index (χ4n) is 3.10. The summed E-state index contributed by atoms with van der Waals surface area (Å²) in [6.07, 6.45) is 3.44. The van der Waals surface area contributed by atoms with Crippen LogP contribution in [-0.2, 0) is 4.74 Å². The lowest BCUT2D eigenvalue weighted by Gasteiger charge is -2.26. The van der Waals surface area contributed by atoms with Crippen LogP contribution in [0.4, 0.5) is 22.0 Å². The predicted molar refractivity (Wildman–Crippen MR) is 119 cm³/mol. The number of urea groups is 1. The average molecular weight is 425 g/mol. The molecule has 3 aromatic rings. The number of nitrogens with zero attached hydrogens (tertiary/aromatic N) is 3. The van der Waals surface area contributed by atoms with E-state index >= 15 is 0 Å². The maximum Gasteiger partial charge on any atom is 0.319 e. The summed E-state index contributed by atoms with van der Waals surface area (Å²) < 4.78 is 5.33. The number of ether oxygens (including phenoxy) is 1. The Bertz CT molecular complexity index is 942. The van der Waals surface area contributed by atoms with E-state index in [0.717, 1.165) is 49.8 Å². The number of carbonyl (C=O) groups excluding carboxylic acids is 1. The molecular weight excluding hydrogens is 400 g/mol. The van der Waals surface area contributed by atoms with Gasteiger partial charge in [0.05, 0.1) is 31.3 Å². The van der Waals surface area contributed by atoms with E-state index in [1.54, 1.807) is 23.7 Å². The van der Waals surface area contributed by atoms with Gasteiger partial charge in [0.15, 0.2) is 0 Å². The molecule has 1 fully saturated rings. The molecule has 2 aromatic heterocycles. The minimum Gasteiger partial charge on any atom is -0.379 e. The Balaban J connectivity index is 1.27. The molecule has 1 saturated heterocycles. The highest BCUT2D eigenvalue weighted by molar-refractivity contribution is 7.08. The summed E-state index contributed by atoms with van der Waals surface area (Å²) in [5.41, 5.74) is 3.42. The Morgan fingerprint density at radius 2 is 2.00 bits per heavy atom. The van der Waals surface area contributed by atoms with Gasteiger partial charge in [-0.1, -0.05) is 6.07 Å². The summed E-state index contributed by atoms with van der Waals surface area (Å²) in [6, 6.07) is 9.28. The molecule has 0 spiro atoms. The van der Waals surface area contributed by atoms with E-state index in [1.165, 1.54) is 0 Å². The van der Waals surface area contributed by atoms with Crippen molar-refractivity contribution >= 4 is 34.6 Å². The number of anilines is 3. The van der Waals surface area contributed by atoms with E-state index in [0.29, 0.717) is 18.1 Å². The summed E-state index contributed by atoms with van der Waals surface area (Å²) in [5, 5.41) is 13.0. The lowest BCUT2D eigenvalue weighted by atomic mass is 10.2. The standard InChI is InChI=1S/C21H24N6O2S/c28-21(22-5-6-27-7-9-29-10-8-27)26-18-3-1-2-17(12-18)25-20-14-23-19(13-24-20)16-4-11-30-15-16/h1-4,11-15H,5-10H2,(H,24,25)(H2,22,26,28). The van der Waals surface area contributed by atoms with Crippen LogP contribution in [0.15, 0.2) is 53.5 Å². The maximum absolute atomic E-state index is 12.2. The highest BCUT2D eigenvalue weighted by atomic mass is 32.1. The van der Waals surface area contributed by atoms with E-state index in [1.807, 2.05) is 41.1 Å². The second kappa shape index (κ2) is 10.1. The normalized spacial score (nSPS) is 14.3. The molecule has 0 unspecified atom stereocenters. The van der Waals surface area contributed by atoms with Crippen molar-refractivity contribution in [3.05, 3.63) is 53.5 Å². The van der Waals surface area contributed by atoms with Crippen LogP contribution in [0.2, 0.25) is 0 Å². The van der Waals surface area contributed by atoms with Crippen molar-refractivity contribution in [2.24, 2.45) is 0 Å². The number of aromatic nitrogens is 2. The molecule has 0 bridgehead atoms. The minimum absolute atomic E-state index is 0.222. The fourth-order valence-corrected chi connectivity index (χ4v) is 3.75. The first-order valence-electron chi connectivity index (χ1n) is 9.83. The summed E-state index contributed by atoms with van der Waals surface area (Å²) in [4.78, 5) is 23.3. The molecule has 0 aliphatic carbocycles. The van der Waals surface area contributed by atoms with Crippen LogP contribution in [0.5, 0.6) is 0 Å². The van der Waals surface area contributed by atoms with E-state index < -0.39 is 0 Å². The minimum atomic E-state index is -0.222. The second-order valence-electron chi connectivity index (χ2n) is 6.84. The van der Waals surface area contributed by atoms with Gasteiger partial charge in [-0.05, 0) is 29.6 Å². The molecule has 1 aliphatic heterocycles. The molecule has 0 atom stereocenters. The maximum atomic E-state index is 12.2. The smallest absolute Gasteiger partial charge is 0.319 e. The molecule has 156 valence electrons. The molecule has 4 rings (SSSR count). The fraction of sp³-hybridized carbons (Fsp3) is 0.286. The van der Waals surface area contributed by atoms with Gasteiger partial charge in [0.2, 0.25) is 0 Å². The number of benzene rings is 1. The van der Waals surface area contributed by atoms with E-state index in [-0.39, 0.29) is 6.03 Å². The van der Waals surface area contributed by atoms with Crippen LogP contribution >= 0.6 is 11.3 Å². The van der Waals surface area contributed by atoms with Crippen molar-refractivity contribution < 1.29 is 9.53 Å². The van der Waals surface area contributed by atoms with Crippen molar-refractivity contribution in [1.82, 2.24) is 20.2 Å². The van der Waals surface area contributed by atoms with Crippen LogP contribution < -0.4 is 16.0 Å². The Kier molecular flexibility index (Phi) is 6.86. The molecule has 8 nitrogen and oxygen atoms in total. The number of carbonyl (C=O) groups is 1. The monoisotopic (exact) mass is 424 g/mol. The van der Waals surface area contributed by atoms with E-state index in [9.17, 15) is 4.79 Å². The summed E-state index contributed by atoms with van der Waals surface area (Å²) in [5.74, 6) is 0.640. The van der Waals surface area contributed by atoms with Crippen molar-refractivity contribution in [2.75, 3.05) is 50.0 Å². The molecule has 3 N–H and O–H groups in total. The average Bonchev–Trinajstić information content (AvgIpc) is 3.30. The predicted octanol–water partition coefficient (Wildman–Crippen LogP) is 3.40. The van der Waals surface area contributed by atoms with Crippen LogP contribution in [0.1, 0.15) is 0 Å². The third-order valence-electron chi connectivity index (χ3n) is 4.68. The zero-order chi connectivity index (χ0) is 20.6. The Morgan fingerprint density at radius 1 is 1.13 bits per heavy atom. The molecule has 0 radical (unpaired) electrons. The summed E-state index contributed by atoms with van der Waals surface area (Å²) >= 11 is 1.63. The van der Waals surface area contributed by atoms with Crippen LogP contribution in [-0.4, -0.2) is 60.3 Å². The first-order chi connectivity index (χ1) is 14.8. The Hall–Kier alpha value is -3.01. The lowest BCUT2D eigenvalue weighted by molar-refractivity contribution is 0.0388. The number of morpholine rings is 1. The second-order valence-corrected chi connectivity index (χ2v) is 7.62. The number of nitrogens with one attached hydrogen (secondary N) is 3. The highest BCUT2D eigenvalue weighted by Crippen LogP contribution is 2.22. The summed E-state index contributed by atoms with van der Waals surface area (Å²) in [6.45, 7) is 4.75. The van der Waals surface area contributed by atoms with Crippen molar-refractivity contribution in [2.45, 2.75) is 0 Å². The van der Waals surface area contributed by atoms with Gasteiger partial charge in [0.25, 0.3) is 0 Å². The van der Waals surface area contributed by atoms with E-state index in [4.69, 9.17) is 4.74 Å². The van der Waals surface area contributed by atoms with Gasteiger partial charge in [-0.2, -0.15) is 11.3 Å². The first kappa shape index (κ1) is 20.3. The molecule has 1 aromatic carbocycles. The lowest BCUT2D eigenvalue weighted by Crippen LogP contribution is -2.42. The SMILES string of the molecule is O=C(NCCN1CCOCC1)Nc1cccc(Nc2cnc(-c3ccsc3)cn2)c1. The largest absolute Gasteiger partial charge is 0.379 e. The van der Waals surface area contributed by atoms with Crippen molar-refractivity contribution in [3.8, 4) is 11.3 Å². The van der Waals surface area contributed by atoms with Gasteiger partial charge in [-0.3, -0.25) is 9.88 Å². The highest BCUT2D eigenvalue weighted by Gasteiger charge is 2.10. The Morgan fingerprint density at radius 3 is 2.77 bits per heavy atom. The zero-order valence-corrected chi connectivity index (χ0v) is 17.3. The van der Waals surface area contributed by atoms with Crippen molar-refractivity contribution in [1.29, 1.82) is 0 Å². The number of thiophene rings is 1. The molecule has 9 heteroatoms. The van der Waals surface area contributed by atoms with Gasteiger partial charge in [-0.15, -0.1) is 0 Å². The van der Waals surface area contributed by atoms with Gasteiger partial charge in [0.1, 0.15) is 5.82 Å². The molecule has 30 heavy (non-hydrogen) atoms. The van der Waals surface area contributed by atoms with Gasteiger partial charge < -0.3 is 20.7 Å². The number of rotatable bonds is 7. The number of hydrogen-bond acceptors (Lipinski definition) is 7. The third kappa shape index (κ3) is 5.76. The van der Waals surface area contributed by atoms with Gasteiger partial charge >= 0.3 is 6.03 Å².